The Bertz CT molecular complexity index is 296. The third-order valence-corrected chi connectivity index (χ3v) is 3.74. The molecule has 4 heteroatoms. The number of hydrogen-bond acceptors (Lipinski definition) is 3. The van der Waals surface area contributed by atoms with Gasteiger partial charge < -0.3 is 11.1 Å². The van der Waals surface area contributed by atoms with Gasteiger partial charge in [0.25, 0.3) is 0 Å². The lowest BCUT2D eigenvalue weighted by atomic mass is 9.84. The van der Waals surface area contributed by atoms with Gasteiger partial charge in [0, 0.05) is 25.0 Å². The highest BCUT2D eigenvalue weighted by molar-refractivity contribution is 4.81. The summed E-state index contributed by atoms with van der Waals surface area (Å²) in [7, 11) is 0. The minimum absolute atomic E-state index is 0.645. The second kappa shape index (κ2) is 6.77. The van der Waals surface area contributed by atoms with Crippen LogP contribution in [0.5, 0.6) is 0 Å². The molecule has 0 spiro atoms. The maximum absolute atomic E-state index is 5.82. The fraction of sp³-hybridized carbons (Fsp3) is 0.769. The van der Waals surface area contributed by atoms with E-state index in [1.54, 1.807) is 0 Å². The van der Waals surface area contributed by atoms with Gasteiger partial charge in [0.05, 0.1) is 0 Å². The van der Waals surface area contributed by atoms with Crippen molar-refractivity contribution in [3.8, 4) is 0 Å². The quantitative estimate of drug-likeness (QED) is 0.734. The van der Waals surface area contributed by atoms with Crippen molar-refractivity contribution in [2.24, 2.45) is 11.7 Å². The molecule has 17 heavy (non-hydrogen) atoms. The van der Waals surface area contributed by atoms with Crippen LogP contribution in [0.1, 0.15) is 32.1 Å². The molecular formula is C13H24N4. The minimum atomic E-state index is 0.645. The molecule has 2 unspecified atom stereocenters. The fourth-order valence-corrected chi connectivity index (χ4v) is 2.72. The molecule has 0 aromatic carbocycles. The van der Waals surface area contributed by atoms with Crippen LogP contribution in [-0.2, 0) is 6.54 Å². The Kier molecular flexibility index (Phi) is 5.01. The molecule has 2 atom stereocenters. The number of aromatic nitrogens is 2. The first-order valence-electron chi connectivity index (χ1n) is 6.81. The van der Waals surface area contributed by atoms with Crippen molar-refractivity contribution in [3.05, 3.63) is 18.5 Å². The fourth-order valence-electron chi connectivity index (χ4n) is 2.72. The van der Waals surface area contributed by atoms with Gasteiger partial charge in [-0.2, -0.15) is 5.10 Å². The topological polar surface area (TPSA) is 55.9 Å². The number of aryl methyl sites for hydroxylation is 1. The van der Waals surface area contributed by atoms with Crippen molar-refractivity contribution in [2.75, 3.05) is 13.1 Å². The summed E-state index contributed by atoms with van der Waals surface area (Å²) in [5.41, 5.74) is 5.82. The van der Waals surface area contributed by atoms with E-state index in [2.05, 4.69) is 10.4 Å². The number of nitrogens with zero attached hydrogens (tertiary/aromatic N) is 2. The SMILES string of the molecule is NCC1CCCCC1NCCCn1cccn1. The molecule has 1 heterocycles. The first-order valence-corrected chi connectivity index (χ1v) is 6.81. The van der Waals surface area contributed by atoms with Crippen LogP contribution in [0.3, 0.4) is 0 Å². The molecule has 0 radical (unpaired) electrons. The summed E-state index contributed by atoms with van der Waals surface area (Å²) >= 11 is 0. The predicted molar refractivity (Wildman–Crippen MR) is 69.6 cm³/mol. The summed E-state index contributed by atoms with van der Waals surface area (Å²) in [5.74, 6) is 0.688. The maximum atomic E-state index is 5.82. The standard InChI is InChI=1S/C13H24N4/c14-11-12-5-1-2-6-13(12)15-7-3-9-17-10-4-8-16-17/h4,8,10,12-13,15H,1-3,5-7,9,11,14H2. The lowest BCUT2D eigenvalue weighted by Gasteiger charge is -2.31. The van der Waals surface area contributed by atoms with Gasteiger partial charge in [-0.05, 0) is 44.3 Å². The van der Waals surface area contributed by atoms with Crippen LogP contribution >= 0.6 is 0 Å². The van der Waals surface area contributed by atoms with Crippen molar-refractivity contribution in [1.82, 2.24) is 15.1 Å². The molecule has 0 aliphatic heterocycles. The van der Waals surface area contributed by atoms with Crippen LogP contribution < -0.4 is 11.1 Å². The van der Waals surface area contributed by atoms with Crippen molar-refractivity contribution in [3.63, 3.8) is 0 Å². The second-order valence-corrected chi connectivity index (χ2v) is 4.96. The largest absolute Gasteiger partial charge is 0.330 e. The molecule has 1 aromatic rings. The zero-order valence-corrected chi connectivity index (χ0v) is 10.5. The summed E-state index contributed by atoms with van der Waals surface area (Å²) in [6.45, 7) is 2.90. The summed E-state index contributed by atoms with van der Waals surface area (Å²) in [5, 5.41) is 7.86. The Labute approximate surface area is 104 Å². The molecule has 1 aliphatic rings. The van der Waals surface area contributed by atoms with E-state index in [1.165, 1.54) is 25.7 Å². The van der Waals surface area contributed by atoms with Crippen molar-refractivity contribution in [1.29, 1.82) is 0 Å². The molecule has 2 rings (SSSR count). The molecule has 1 saturated carbocycles. The van der Waals surface area contributed by atoms with E-state index in [-0.39, 0.29) is 0 Å². The van der Waals surface area contributed by atoms with E-state index in [1.807, 2.05) is 23.1 Å². The first-order chi connectivity index (χ1) is 8.40. The van der Waals surface area contributed by atoms with Crippen molar-refractivity contribution < 1.29 is 0 Å². The molecular weight excluding hydrogens is 212 g/mol. The molecule has 96 valence electrons. The van der Waals surface area contributed by atoms with Crippen LogP contribution in [0.2, 0.25) is 0 Å². The van der Waals surface area contributed by atoms with Gasteiger partial charge in [0.2, 0.25) is 0 Å². The third-order valence-electron chi connectivity index (χ3n) is 3.74. The Morgan fingerprint density at radius 1 is 1.35 bits per heavy atom. The van der Waals surface area contributed by atoms with Gasteiger partial charge >= 0.3 is 0 Å². The highest BCUT2D eigenvalue weighted by Crippen LogP contribution is 2.23. The van der Waals surface area contributed by atoms with Gasteiger partial charge in [-0.15, -0.1) is 0 Å². The zero-order valence-electron chi connectivity index (χ0n) is 10.5. The lowest BCUT2D eigenvalue weighted by molar-refractivity contribution is 0.266. The molecule has 4 nitrogen and oxygen atoms in total. The molecule has 3 N–H and O–H groups in total. The summed E-state index contributed by atoms with van der Waals surface area (Å²) in [6.07, 6.45) is 10.3. The van der Waals surface area contributed by atoms with Crippen LogP contribution in [-0.4, -0.2) is 28.9 Å². The zero-order chi connectivity index (χ0) is 11.9. The lowest BCUT2D eigenvalue weighted by Crippen LogP contribution is -2.42. The third kappa shape index (κ3) is 3.82. The molecule has 0 amide bonds. The molecule has 0 bridgehead atoms. The molecule has 1 fully saturated rings. The van der Waals surface area contributed by atoms with Gasteiger partial charge in [0.1, 0.15) is 0 Å². The van der Waals surface area contributed by atoms with Gasteiger partial charge in [-0.1, -0.05) is 12.8 Å². The number of nitrogens with two attached hydrogens (primary N) is 1. The number of hydrogen-bond donors (Lipinski definition) is 2. The van der Waals surface area contributed by atoms with Crippen LogP contribution in [0, 0.1) is 5.92 Å². The highest BCUT2D eigenvalue weighted by Gasteiger charge is 2.22. The minimum Gasteiger partial charge on any atom is -0.330 e. The van der Waals surface area contributed by atoms with Gasteiger partial charge in [0.15, 0.2) is 0 Å². The Hall–Kier alpha value is -0.870. The molecule has 1 aliphatic carbocycles. The average molecular weight is 236 g/mol. The van der Waals surface area contributed by atoms with Crippen LogP contribution in [0.15, 0.2) is 18.5 Å². The van der Waals surface area contributed by atoms with E-state index < -0.39 is 0 Å². The predicted octanol–water partition coefficient (Wildman–Crippen LogP) is 1.38. The van der Waals surface area contributed by atoms with E-state index >= 15 is 0 Å². The van der Waals surface area contributed by atoms with E-state index in [0.29, 0.717) is 12.0 Å². The van der Waals surface area contributed by atoms with E-state index in [0.717, 1.165) is 26.1 Å². The first kappa shape index (κ1) is 12.6. The Balaban J connectivity index is 1.63. The van der Waals surface area contributed by atoms with Crippen LogP contribution in [0.25, 0.3) is 0 Å². The number of rotatable bonds is 6. The average Bonchev–Trinajstić information content (AvgIpc) is 2.88. The van der Waals surface area contributed by atoms with E-state index in [4.69, 9.17) is 5.73 Å². The van der Waals surface area contributed by atoms with Gasteiger partial charge in [-0.25, -0.2) is 0 Å². The monoisotopic (exact) mass is 236 g/mol. The highest BCUT2D eigenvalue weighted by atomic mass is 15.3. The second-order valence-electron chi connectivity index (χ2n) is 4.96. The number of nitrogens with one attached hydrogen (secondary N) is 1. The molecule has 0 saturated heterocycles. The van der Waals surface area contributed by atoms with Crippen molar-refractivity contribution in [2.45, 2.75) is 44.7 Å². The van der Waals surface area contributed by atoms with Crippen LogP contribution in [0.4, 0.5) is 0 Å². The van der Waals surface area contributed by atoms with E-state index in [9.17, 15) is 0 Å². The maximum Gasteiger partial charge on any atom is 0.0489 e. The Morgan fingerprint density at radius 2 is 2.24 bits per heavy atom. The normalized spacial score (nSPS) is 25.0. The summed E-state index contributed by atoms with van der Waals surface area (Å²) in [6, 6.07) is 2.62. The van der Waals surface area contributed by atoms with Gasteiger partial charge in [-0.3, -0.25) is 4.68 Å². The van der Waals surface area contributed by atoms with Crippen molar-refractivity contribution >= 4 is 0 Å². The Morgan fingerprint density at radius 3 is 3.00 bits per heavy atom. The summed E-state index contributed by atoms with van der Waals surface area (Å²) in [4.78, 5) is 0. The summed E-state index contributed by atoms with van der Waals surface area (Å²) < 4.78 is 1.99. The smallest absolute Gasteiger partial charge is 0.0489 e. The molecule has 1 aromatic heterocycles.